The molecule has 0 fully saturated rings. The van der Waals surface area contributed by atoms with Gasteiger partial charge in [0.1, 0.15) is 0 Å². The molecular weight excluding hydrogens is 190 g/mol. The fourth-order valence-corrected chi connectivity index (χ4v) is 1.23. The molecule has 0 amide bonds. The molecule has 1 aromatic rings. The Morgan fingerprint density at radius 1 is 1.47 bits per heavy atom. The molecule has 0 aliphatic rings. The lowest BCUT2D eigenvalue weighted by atomic mass is 10.0. The normalized spacial score (nSPS) is 10.4. The van der Waals surface area contributed by atoms with Gasteiger partial charge in [0, 0.05) is 24.2 Å². The van der Waals surface area contributed by atoms with Gasteiger partial charge in [0.2, 0.25) is 5.88 Å². The van der Waals surface area contributed by atoms with Gasteiger partial charge < -0.3 is 4.74 Å². The summed E-state index contributed by atoms with van der Waals surface area (Å²) in [6, 6.07) is 3.47. The first-order valence-electron chi connectivity index (χ1n) is 5.16. The number of Topliss-reactive ketones (excluding diaryl/α,β-unsaturated/α-hetero) is 1. The monoisotopic (exact) mass is 207 g/mol. The third-order valence-corrected chi connectivity index (χ3v) is 2.22. The molecule has 3 heteroatoms. The van der Waals surface area contributed by atoms with Crippen LogP contribution in [0.1, 0.15) is 37.0 Å². The van der Waals surface area contributed by atoms with E-state index < -0.39 is 0 Å². The second kappa shape index (κ2) is 5.49. The van der Waals surface area contributed by atoms with E-state index in [0.717, 1.165) is 6.42 Å². The van der Waals surface area contributed by atoms with Crippen molar-refractivity contribution in [2.75, 3.05) is 7.11 Å². The lowest BCUT2D eigenvalue weighted by molar-refractivity contribution is 0.0975. The van der Waals surface area contributed by atoms with Gasteiger partial charge in [0.25, 0.3) is 0 Å². The SMILES string of the molecule is COc1ccc(C(=O)CCC(C)C)cn1. The van der Waals surface area contributed by atoms with Crippen molar-refractivity contribution < 1.29 is 9.53 Å². The van der Waals surface area contributed by atoms with Gasteiger partial charge in [-0.15, -0.1) is 0 Å². The number of ketones is 1. The van der Waals surface area contributed by atoms with Gasteiger partial charge in [0.05, 0.1) is 7.11 Å². The lowest BCUT2D eigenvalue weighted by Gasteiger charge is -2.04. The second-order valence-electron chi connectivity index (χ2n) is 3.94. The van der Waals surface area contributed by atoms with E-state index in [2.05, 4.69) is 18.8 Å². The van der Waals surface area contributed by atoms with Crippen molar-refractivity contribution in [1.29, 1.82) is 0 Å². The van der Waals surface area contributed by atoms with Crippen LogP contribution in [-0.2, 0) is 0 Å². The third-order valence-electron chi connectivity index (χ3n) is 2.22. The van der Waals surface area contributed by atoms with Gasteiger partial charge in [-0.3, -0.25) is 4.79 Å². The van der Waals surface area contributed by atoms with Crippen LogP contribution in [-0.4, -0.2) is 17.9 Å². The maximum Gasteiger partial charge on any atom is 0.212 e. The molecule has 15 heavy (non-hydrogen) atoms. The van der Waals surface area contributed by atoms with Crippen LogP contribution >= 0.6 is 0 Å². The molecule has 0 unspecified atom stereocenters. The quantitative estimate of drug-likeness (QED) is 0.697. The van der Waals surface area contributed by atoms with Gasteiger partial charge in [0.15, 0.2) is 5.78 Å². The number of hydrogen-bond acceptors (Lipinski definition) is 3. The molecule has 0 radical (unpaired) electrons. The molecule has 1 aromatic heterocycles. The molecule has 0 atom stereocenters. The molecule has 0 bridgehead atoms. The summed E-state index contributed by atoms with van der Waals surface area (Å²) in [6.07, 6.45) is 3.08. The zero-order valence-electron chi connectivity index (χ0n) is 9.49. The fraction of sp³-hybridized carbons (Fsp3) is 0.500. The molecule has 0 N–H and O–H groups in total. The molecule has 82 valence electrons. The number of methoxy groups -OCH3 is 1. The molecule has 0 aliphatic heterocycles. The summed E-state index contributed by atoms with van der Waals surface area (Å²) in [5.41, 5.74) is 0.663. The summed E-state index contributed by atoms with van der Waals surface area (Å²) in [7, 11) is 1.56. The van der Waals surface area contributed by atoms with Crippen LogP contribution in [0.4, 0.5) is 0 Å². The number of carbonyl (C=O) groups excluding carboxylic acids is 1. The van der Waals surface area contributed by atoms with Crippen LogP contribution < -0.4 is 4.74 Å². The van der Waals surface area contributed by atoms with E-state index >= 15 is 0 Å². The summed E-state index contributed by atoms with van der Waals surface area (Å²) in [4.78, 5) is 15.7. The Hall–Kier alpha value is -1.38. The maximum atomic E-state index is 11.7. The number of ether oxygens (including phenoxy) is 1. The number of pyridine rings is 1. The van der Waals surface area contributed by atoms with Crippen molar-refractivity contribution in [3.63, 3.8) is 0 Å². The minimum absolute atomic E-state index is 0.152. The van der Waals surface area contributed by atoms with Crippen LogP contribution in [0.2, 0.25) is 0 Å². The molecule has 1 rings (SSSR count). The first-order valence-corrected chi connectivity index (χ1v) is 5.16. The highest BCUT2D eigenvalue weighted by Gasteiger charge is 2.07. The molecule has 0 aromatic carbocycles. The highest BCUT2D eigenvalue weighted by atomic mass is 16.5. The van der Waals surface area contributed by atoms with Gasteiger partial charge in [-0.2, -0.15) is 0 Å². The van der Waals surface area contributed by atoms with Crippen molar-refractivity contribution in [2.24, 2.45) is 5.92 Å². The number of nitrogens with zero attached hydrogens (tertiary/aromatic N) is 1. The Bertz CT molecular complexity index is 317. The van der Waals surface area contributed by atoms with E-state index in [1.165, 1.54) is 0 Å². The predicted molar refractivity (Wildman–Crippen MR) is 59.2 cm³/mol. The Morgan fingerprint density at radius 3 is 2.67 bits per heavy atom. The first kappa shape index (κ1) is 11.7. The van der Waals surface area contributed by atoms with E-state index in [-0.39, 0.29) is 5.78 Å². The Morgan fingerprint density at radius 2 is 2.20 bits per heavy atom. The highest BCUT2D eigenvalue weighted by Crippen LogP contribution is 2.12. The minimum Gasteiger partial charge on any atom is -0.481 e. The zero-order chi connectivity index (χ0) is 11.3. The highest BCUT2D eigenvalue weighted by molar-refractivity contribution is 5.95. The van der Waals surface area contributed by atoms with Gasteiger partial charge in [-0.05, 0) is 18.4 Å². The third kappa shape index (κ3) is 3.70. The van der Waals surface area contributed by atoms with Gasteiger partial charge >= 0.3 is 0 Å². The minimum atomic E-state index is 0.152. The van der Waals surface area contributed by atoms with Crippen molar-refractivity contribution in [2.45, 2.75) is 26.7 Å². The number of aromatic nitrogens is 1. The number of hydrogen-bond donors (Lipinski definition) is 0. The summed E-state index contributed by atoms with van der Waals surface area (Å²) in [6.45, 7) is 4.22. The maximum absolute atomic E-state index is 11.7. The van der Waals surface area contributed by atoms with Crippen LogP contribution in [0, 0.1) is 5.92 Å². The molecule has 1 heterocycles. The summed E-state index contributed by atoms with van der Waals surface area (Å²) < 4.78 is 4.92. The lowest BCUT2D eigenvalue weighted by Crippen LogP contribution is -2.02. The van der Waals surface area contributed by atoms with Crippen LogP contribution in [0.3, 0.4) is 0 Å². The van der Waals surface area contributed by atoms with Crippen LogP contribution in [0.5, 0.6) is 5.88 Å². The van der Waals surface area contributed by atoms with Crippen molar-refractivity contribution >= 4 is 5.78 Å². The predicted octanol–water partition coefficient (Wildman–Crippen LogP) is 2.71. The molecule has 0 saturated heterocycles. The van der Waals surface area contributed by atoms with E-state index in [1.54, 1.807) is 25.4 Å². The first-order chi connectivity index (χ1) is 7.13. The standard InChI is InChI=1S/C12H17NO2/c1-9(2)4-6-11(14)10-5-7-12(15-3)13-8-10/h5,7-9H,4,6H2,1-3H3. The molecule has 3 nitrogen and oxygen atoms in total. The van der Waals surface area contributed by atoms with E-state index in [9.17, 15) is 4.79 Å². The van der Waals surface area contributed by atoms with Crippen molar-refractivity contribution in [1.82, 2.24) is 4.98 Å². The summed E-state index contributed by atoms with van der Waals surface area (Å²) >= 11 is 0. The molecule has 0 aliphatic carbocycles. The zero-order valence-corrected chi connectivity index (χ0v) is 9.49. The topological polar surface area (TPSA) is 39.2 Å². The Labute approximate surface area is 90.5 Å². The van der Waals surface area contributed by atoms with Crippen molar-refractivity contribution in [3.8, 4) is 5.88 Å². The van der Waals surface area contributed by atoms with Crippen LogP contribution in [0.25, 0.3) is 0 Å². The van der Waals surface area contributed by atoms with E-state index in [0.29, 0.717) is 23.8 Å². The van der Waals surface area contributed by atoms with Crippen LogP contribution in [0.15, 0.2) is 18.3 Å². The Balaban J connectivity index is 2.58. The Kier molecular flexibility index (Phi) is 4.28. The summed E-state index contributed by atoms with van der Waals surface area (Å²) in [5.74, 6) is 1.24. The van der Waals surface area contributed by atoms with E-state index in [4.69, 9.17) is 4.74 Å². The summed E-state index contributed by atoms with van der Waals surface area (Å²) in [5, 5.41) is 0. The second-order valence-corrected chi connectivity index (χ2v) is 3.94. The fourth-order valence-electron chi connectivity index (χ4n) is 1.23. The molecule has 0 saturated carbocycles. The largest absolute Gasteiger partial charge is 0.481 e. The smallest absolute Gasteiger partial charge is 0.212 e. The number of rotatable bonds is 5. The average Bonchev–Trinajstić information content (AvgIpc) is 2.26. The average molecular weight is 207 g/mol. The number of carbonyl (C=O) groups is 1. The van der Waals surface area contributed by atoms with E-state index in [1.807, 2.05) is 0 Å². The van der Waals surface area contributed by atoms with Gasteiger partial charge in [-0.1, -0.05) is 13.8 Å². The molecule has 0 spiro atoms. The van der Waals surface area contributed by atoms with Crippen molar-refractivity contribution in [3.05, 3.63) is 23.9 Å². The van der Waals surface area contributed by atoms with Gasteiger partial charge in [-0.25, -0.2) is 4.98 Å². The molecular formula is C12H17NO2.